The van der Waals surface area contributed by atoms with Crippen LogP contribution in [0.5, 0.6) is 0 Å². The molecule has 76 valence electrons. The number of para-hydroxylation sites is 1. The molecule has 0 fully saturated rings. The number of rotatable bonds is 4. The lowest BCUT2D eigenvalue weighted by atomic mass is 10.2. The molecule has 1 rings (SSSR count). The fraction of sp³-hybridized carbons (Fsp3) is 0.300. The number of aliphatic carboxylic acids is 1. The molecule has 0 aliphatic carbocycles. The first-order chi connectivity index (χ1) is 6.59. The minimum atomic E-state index is -0.822. The Morgan fingerprint density at radius 3 is 2.79 bits per heavy atom. The van der Waals surface area contributed by atoms with Gasteiger partial charge >= 0.3 is 5.97 Å². The van der Waals surface area contributed by atoms with E-state index in [4.69, 9.17) is 16.7 Å². The highest BCUT2D eigenvalue weighted by Gasteiger charge is 2.08. The summed E-state index contributed by atoms with van der Waals surface area (Å²) in [6, 6.07) is 7.13. The molecule has 1 aromatic carbocycles. The summed E-state index contributed by atoms with van der Waals surface area (Å²) in [5.74, 6) is -0.822. The minimum absolute atomic E-state index is 0.0746. The van der Waals surface area contributed by atoms with Crippen molar-refractivity contribution in [2.45, 2.75) is 19.4 Å². The molecule has 3 nitrogen and oxygen atoms in total. The third kappa shape index (κ3) is 3.26. The Morgan fingerprint density at radius 1 is 1.57 bits per heavy atom. The SMILES string of the molecule is C[C@H](CC(=O)O)Nc1ccccc1Cl. The van der Waals surface area contributed by atoms with Crippen LogP contribution in [0, 0.1) is 0 Å². The van der Waals surface area contributed by atoms with Crippen molar-refractivity contribution in [1.29, 1.82) is 0 Å². The third-order valence-corrected chi connectivity index (χ3v) is 2.09. The van der Waals surface area contributed by atoms with Gasteiger partial charge in [0.2, 0.25) is 0 Å². The summed E-state index contributed by atoms with van der Waals surface area (Å²) in [7, 11) is 0. The van der Waals surface area contributed by atoms with Crippen LogP contribution in [0.2, 0.25) is 5.02 Å². The smallest absolute Gasteiger partial charge is 0.305 e. The zero-order valence-electron chi connectivity index (χ0n) is 7.83. The molecule has 1 aromatic rings. The minimum Gasteiger partial charge on any atom is -0.481 e. The van der Waals surface area contributed by atoms with E-state index in [0.717, 1.165) is 5.69 Å². The second kappa shape index (κ2) is 4.86. The number of carboxylic acid groups (broad SMARTS) is 1. The average Bonchev–Trinajstić information content (AvgIpc) is 2.07. The average molecular weight is 214 g/mol. The van der Waals surface area contributed by atoms with Gasteiger partial charge in [0.1, 0.15) is 0 Å². The molecule has 0 spiro atoms. The molecule has 0 amide bonds. The number of carbonyl (C=O) groups is 1. The molecule has 0 bridgehead atoms. The maximum absolute atomic E-state index is 10.4. The van der Waals surface area contributed by atoms with Gasteiger partial charge in [-0.3, -0.25) is 4.79 Å². The lowest BCUT2D eigenvalue weighted by Gasteiger charge is -2.13. The molecule has 0 saturated carbocycles. The van der Waals surface area contributed by atoms with Crippen LogP contribution >= 0.6 is 11.6 Å². The van der Waals surface area contributed by atoms with Crippen LogP contribution in [0.3, 0.4) is 0 Å². The van der Waals surface area contributed by atoms with Gasteiger partial charge < -0.3 is 10.4 Å². The van der Waals surface area contributed by atoms with Gasteiger partial charge in [0.05, 0.1) is 17.1 Å². The largest absolute Gasteiger partial charge is 0.481 e. The van der Waals surface area contributed by atoms with Crippen molar-refractivity contribution in [3.63, 3.8) is 0 Å². The molecule has 4 heteroatoms. The van der Waals surface area contributed by atoms with Crippen molar-refractivity contribution < 1.29 is 9.90 Å². The van der Waals surface area contributed by atoms with Gasteiger partial charge in [-0.05, 0) is 19.1 Å². The maximum atomic E-state index is 10.4. The summed E-state index contributed by atoms with van der Waals surface area (Å²) in [5.41, 5.74) is 0.767. The topological polar surface area (TPSA) is 49.3 Å². The van der Waals surface area contributed by atoms with Crippen LogP contribution in [-0.2, 0) is 4.79 Å². The highest BCUT2D eigenvalue weighted by Crippen LogP contribution is 2.21. The molecule has 0 aliphatic rings. The van der Waals surface area contributed by atoms with E-state index in [1.165, 1.54) is 0 Å². The molecule has 0 aliphatic heterocycles. The molecule has 0 radical (unpaired) electrons. The van der Waals surface area contributed by atoms with Crippen molar-refractivity contribution in [2.75, 3.05) is 5.32 Å². The van der Waals surface area contributed by atoms with E-state index in [9.17, 15) is 4.79 Å². The number of nitrogens with one attached hydrogen (secondary N) is 1. The highest BCUT2D eigenvalue weighted by atomic mass is 35.5. The van der Waals surface area contributed by atoms with Crippen LogP contribution in [-0.4, -0.2) is 17.1 Å². The quantitative estimate of drug-likeness (QED) is 0.809. The molecule has 0 heterocycles. The monoisotopic (exact) mass is 213 g/mol. The number of hydrogen-bond donors (Lipinski definition) is 2. The van der Waals surface area contributed by atoms with Crippen LogP contribution < -0.4 is 5.32 Å². The second-order valence-electron chi connectivity index (χ2n) is 3.12. The van der Waals surface area contributed by atoms with Crippen LogP contribution in [0.25, 0.3) is 0 Å². The summed E-state index contributed by atoms with van der Waals surface area (Å²) in [5, 5.41) is 12.2. The van der Waals surface area contributed by atoms with Crippen LogP contribution in [0.1, 0.15) is 13.3 Å². The van der Waals surface area contributed by atoms with E-state index in [2.05, 4.69) is 5.32 Å². The van der Waals surface area contributed by atoms with Gasteiger partial charge in [-0.2, -0.15) is 0 Å². The van der Waals surface area contributed by atoms with Gasteiger partial charge in [-0.25, -0.2) is 0 Å². The van der Waals surface area contributed by atoms with Gasteiger partial charge in [0.25, 0.3) is 0 Å². The zero-order valence-corrected chi connectivity index (χ0v) is 8.58. The Bertz CT molecular complexity index is 328. The molecular weight excluding hydrogens is 202 g/mol. The Kier molecular flexibility index (Phi) is 3.77. The number of carboxylic acids is 1. The molecule has 0 aromatic heterocycles. The Morgan fingerprint density at radius 2 is 2.21 bits per heavy atom. The number of hydrogen-bond acceptors (Lipinski definition) is 2. The number of anilines is 1. The molecule has 1 atom stereocenters. The predicted octanol–water partition coefficient (Wildman–Crippen LogP) is 2.62. The van der Waals surface area contributed by atoms with E-state index < -0.39 is 5.97 Å². The van der Waals surface area contributed by atoms with Gasteiger partial charge in [0.15, 0.2) is 0 Å². The maximum Gasteiger partial charge on any atom is 0.305 e. The first-order valence-electron chi connectivity index (χ1n) is 4.32. The predicted molar refractivity (Wildman–Crippen MR) is 56.8 cm³/mol. The molecule has 0 saturated heterocycles. The van der Waals surface area contributed by atoms with E-state index in [1.54, 1.807) is 13.0 Å². The van der Waals surface area contributed by atoms with Gasteiger partial charge in [-0.15, -0.1) is 0 Å². The lowest BCUT2D eigenvalue weighted by Crippen LogP contribution is -2.19. The van der Waals surface area contributed by atoms with Gasteiger partial charge in [0, 0.05) is 6.04 Å². The van der Waals surface area contributed by atoms with Crippen molar-refractivity contribution in [1.82, 2.24) is 0 Å². The molecule has 2 N–H and O–H groups in total. The lowest BCUT2D eigenvalue weighted by molar-refractivity contribution is -0.137. The summed E-state index contributed by atoms with van der Waals surface area (Å²) >= 11 is 5.89. The Hall–Kier alpha value is -1.22. The van der Waals surface area contributed by atoms with Crippen molar-refractivity contribution in [3.8, 4) is 0 Å². The van der Waals surface area contributed by atoms with Crippen molar-refractivity contribution in [2.24, 2.45) is 0 Å². The fourth-order valence-corrected chi connectivity index (χ4v) is 1.35. The first kappa shape index (κ1) is 10.9. The summed E-state index contributed by atoms with van der Waals surface area (Å²) < 4.78 is 0. The molecule has 0 unspecified atom stereocenters. The Labute approximate surface area is 87.7 Å². The normalized spacial score (nSPS) is 12.1. The van der Waals surface area contributed by atoms with Crippen molar-refractivity contribution in [3.05, 3.63) is 29.3 Å². The van der Waals surface area contributed by atoms with Gasteiger partial charge in [-0.1, -0.05) is 23.7 Å². The third-order valence-electron chi connectivity index (χ3n) is 1.76. The number of benzene rings is 1. The van der Waals surface area contributed by atoms with Crippen LogP contribution in [0.4, 0.5) is 5.69 Å². The highest BCUT2D eigenvalue weighted by molar-refractivity contribution is 6.33. The summed E-state index contributed by atoms with van der Waals surface area (Å²) in [6.45, 7) is 1.80. The standard InChI is InChI=1S/C10H12ClNO2/c1-7(6-10(13)14)12-9-5-3-2-4-8(9)11/h2-5,7,12H,6H2,1H3,(H,13,14)/t7-/m1/s1. The fourth-order valence-electron chi connectivity index (χ4n) is 1.16. The van der Waals surface area contributed by atoms with E-state index >= 15 is 0 Å². The van der Waals surface area contributed by atoms with Crippen molar-refractivity contribution >= 4 is 23.3 Å². The Balaban J connectivity index is 2.60. The zero-order chi connectivity index (χ0) is 10.6. The van der Waals surface area contributed by atoms with E-state index in [-0.39, 0.29) is 12.5 Å². The van der Waals surface area contributed by atoms with E-state index in [0.29, 0.717) is 5.02 Å². The molecular formula is C10H12ClNO2. The first-order valence-corrected chi connectivity index (χ1v) is 4.70. The van der Waals surface area contributed by atoms with Crippen LogP contribution in [0.15, 0.2) is 24.3 Å². The summed E-state index contributed by atoms with van der Waals surface area (Å²) in [4.78, 5) is 10.4. The molecule has 14 heavy (non-hydrogen) atoms. The van der Waals surface area contributed by atoms with E-state index in [1.807, 2.05) is 18.2 Å². The summed E-state index contributed by atoms with van der Waals surface area (Å²) in [6.07, 6.45) is 0.0746. The number of halogens is 1. The second-order valence-corrected chi connectivity index (χ2v) is 3.53.